The largest absolute Gasteiger partial charge is 0.497 e. The van der Waals surface area contributed by atoms with Gasteiger partial charge in [-0.2, -0.15) is 5.10 Å². The van der Waals surface area contributed by atoms with Crippen molar-refractivity contribution in [3.63, 3.8) is 0 Å². The van der Waals surface area contributed by atoms with Gasteiger partial charge in [-0.3, -0.25) is 0 Å². The van der Waals surface area contributed by atoms with Crippen LogP contribution < -0.4 is 19.9 Å². The summed E-state index contributed by atoms with van der Waals surface area (Å²) in [5.41, 5.74) is 13.3. The lowest BCUT2D eigenvalue weighted by molar-refractivity contribution is 0.308. The number of unbranched alkanes of at least 4 members (excludes halogenated alkanes) is 1. The highest BCUT2D eigenvalue weighted by Gasteiger charge is 2.28. The molecule has 4 aromatic rings. The van der Waals surface area contributed by atoms with Crippen LogP contribution in [0, 0.1) is 13.8 Å². The molecule has 0 radical (unpaired) electrons. The van der Waals surface area contributed by atoms with Gasteiger partial charge in [0.15, 0.2) is 11.5 Å². The monoisotopic (exact) mass is 555 g/mol. The standard InChI is InChI=1S/C33H41N5O3/c1-9-10-18-41-30-22(3)21(2)25(23-14-12-11-13-15-23)20-26(30)35-36-29-31(33(4,5)6)37-38(32(29)34)27-19-24(39-7)16-17-28(27)40-8/h11-17,19-20H,9-10,18,34H2,1-8H3. The minimum Gasteiger partial charge on any atom is -0.497 e. The summed E-state index contributed by atoms with van der Waals surface area (Å²) in [6, 6.07) is 17.8. The average Bonchev–Trinajstić information content (AvgIpc) is 3.31. The molecule has 2 N–H and O–H groups in total. The summed E-state index contributed by atoms with van der Waals surface area (Å²) in [6.45, 7) is 13.2. The zero-order chi connectivity index (χ0) is 29.7. The van der Waals surface area contributed by atoms with Crippen LogP contribution in [-0.2, 0) is 5.41 Å². The molecule has 8 nitrogen and oxygen atoms in total. The van der Waals surface area contributed by atoms with Crippen LogP contribution in [0.25, 0.3) is 16.8 Å². The number of nitrogens with zero attached hydrogens (tertiary/aromatic N) is 4. The van der Waals surface area contributed by atoms with Crippen LogP contribution in [0.15, 0.2) is 64.8 Å². The number of aromatic nitrogens is 2. The fourth-order valence-electron chi connectivity index (χ4n) is 4.64. The minimum atomic E-state index is -0.362. The summed E-state index contributed by atoms with van der Waals surface area (Å²) in [7, 11) is 3.23. The maximum Gasteiger partial charge on any atom is 0.155 e. The topological polar surface area (TPSA) is 96.2 Å². The zero-order valence-corrected chi connectivity index (χ0v) is 25.4. The summed E-state index contributed by atoms with van der Waals surface area (Å²) in [5, 5.41) is 14.4. The third kappa shape index (κ3) is 6.21. The number of ether oxygens (including phenoxy) is 3. The summed E-state index contributed by atoms with van der Waals surface area (Å²) >= 11 is 0. The van der Waals surface area contributed by atoms with Crippen LogP contribution in [-0.4, -0.2) is 30.6 Å². The molecule has 0 bridgehead atoms. The quantitative estimate of drug-likeness (QED) is 0.156. The molecule has 0 saturated heterocycles. The molecule has 8 heteroatoms. The first kappa shape index (κ1) is 29.6. The Bertz CT molecular complexity index is 1540. The van der Waals surface area contributed by atoms with Crippen molar-refractivity contribution in [3.8, 4) is 34.1 Å². The summed E-state index contributed by atoms with van der Waals surface area (Å²) < 4.78 is 19.0. The molecular formula is C33H41N5O3. The van der Waals surface area contributed by atoms with Gasteiger partial charge in [0, 0.05) is 11.5 Å². The smallest absolute Gasteiger partial charge is 0.155 e. The molecule has 4 rings (SSSR count). The van der Waals surface area contributed by atoms with Crippen molar-refractivity contribution in [2.75, 3.05) is 26.6 Å². The van der Waals surface area contributed by atoms with Crippen molar-refractivity contribution in [2.24, 2.45) is 10.2 Å². The molecule has 1 aromatic heterocycles. The van der Waals surface area contributed by atoms with Crippen molar-refractivity contribution in [1.82, 2.24) is 9.78 Å². The molecule has 0 unspecified atom stereocenters. The van der Waals surface area contributed by atoms with E-state index >= 15 is 0 Å². The third-order valence-electron chi connectivity index (χ3n) is 7.13. The molecule has 41 heavy (non-hydrogen) atoms. The van der Waals surface area contributed by atoms with Crippen molar-refractivity contribution < 1.29 is 14.2 Å². The van der Waals surface area contributed by atoms with Gasteiger partial charge in [0.25, 0.3) is 0 Å². The molecule has 0 amide bonds. The molecule has 0 atom stereocenters. The molecule has 216 valence electrons. The van der Waals surface area contributed by atoms with Crippen LogP contribution in [0.4, 0.5) is 17.2 Å². The van der Waals surface area contributed by atoms with Crippen LogP contribution in [0.1, 0.15) is 57.4 Å². The number of rotatable bonds is 10. The molecule has 0 aliphatic rings. The van der Waals surface area contributed by atoms with Gasteiger partial charge in [-0.25, -0.2) is 4.68 Å². The van der Waals surface area contributed by atoms with Crippen molar-refractivity contribution in [2.45, 2.75) is 59.8 Å². The molecule has 0 aliphatic carbocycles. The van der Waals surface area contributed by atoms with Gasteiger partial charge in [0.2, 0.25) is 0 Å². The number of benzene rings is 3. The van der Waals surface area contributed by atoms with E-state index < -0.39 is 0 Å². The molecule has 3 aromatic carbocycles. The highest BCUT2D eigenvalue weighted by atomic mass is 16.5. The van der Waals surface area contributed by atoms with Gasteiger partial charge < -0.3 is 19.9 Å². The van der Waals surface area contributed by atoms with Gasteiger partial charge >= 0.3 is 0 Å². The third-order valence-corrected chi connectivity index (χ3v) is 7.13. The first-order valence-corrected chi connectivity index (χ1v) is 14.0. The number of nitrogen functional groups attached to an aromatic ring is 1. The normalized spacial score (nSPS) is 11.7. The summed E-state index contributed by atoms with van der Waals surface area (Å²) in [6.07, 6.45) is 1.99. The second-order valence-corrected chi connectivity index (χ2v) is 11.1. The van der Waals surface area contributed by atoms with E-state index in [9.17, 15) is 0 Å². The Balaban J connectivity index is 1.90. The first-order chi connectivity index (χ1) is 19.6. The Morgan fingerprint density at radius 1 is 0.927 bits per heavy atom. The van der Waals surface area contributed by atoms with Gasteiger partial charge in [0.1, 0.15) is 28.6 Å². The Hall–Kier alpha value is -4.33. The van der Waals surface area contributed by atoms with E-state index in [-0.39, 0.29) is 5.41 Å². The van der Waals surface area contributed by atoms with Crippen molar-refractivity contribution >= 4 is 17.2 Å². The van der Waals surface area contributed by atoms with Gasteiger partial charge in [-0.15, -0.1) is 10.2 Å². The predicted molar refractivity (Wildman–Crippen MR) is 166 cm³/mol. The molecule has 0 aliphatic heterocycles. The number of hydrogen-bond donors (Lipinski definition) is 1. The van der Waals surface area contributed by atoms with Crippen molar-refractivity contribution in [3.05, 3.63) is 71.4 Å². The van der Waals surface area contributed by atoms with E-state index in [2.05, 4.69) is 53.7 Å². The van der Waals surface area contributed by atoms with Crippen molar-refractivity contribution in [1.29, 1.82) is 0 Å². The van der Waals surface area contributed by atoms with Crippen LogP contribution >= 0.6 is 0 Å². The summed E-state index contributed by atoms with van der Waals surface area (Å²) in [4.78, 5) is 0. The number of azo groups is 1. The Labute approximate surface area is 243 Å². The SMILES string of the molecule is CCCCOc1c(N=Nc2c(C(C)(C)C)nn(-c3cc(OC)ccc3OC)c2N)cc(-c2ccccc2)c(C)c1C. The Morgan fingerprint density at radius 3 is 2.29 bits per heavy atom. The zero-order valence-electron chi connectivity index (χ0n) is 25.4. The van der Waals surface area contributed by atoms with E-state index in [0.29, 0.717) is 46.7 Å². The minimum absolute atomic E-state index is 0.353. The number of hydrogen-bond acceptors (Lipinski definition) is 7. The molecule has 0 saturated carbocycles. The second kappa shape index (κ2) is 12.5. The van der Waals surface area contributed by atoms with E-state index in [1.54, 1.807) is 18.9 Å². The van der Waals surface area contributed by atoms with Gasteiger partial charge in [-0.05, 0) is 60.7 Å². The Morgan fingerprint density at radius 2 is 1.66 bits per heavy atom. The van der Waals surface area contributed by atoms with Gasteiger partial charge in [0.05, 0.1) is 26.5 Å². The maximum atomic E-state index is 6.74. The van der Waals surface area contributed by atoms with Crippen LogP contribution in [0.5, 0.6) is 17.2 Å². The molecular weight excluding hydrogens is 514 g/mol. The second-order valence-electron chi connectivity index (χ2n) is 11.1. The summed E-state index contributed by atoms with van der Waals surface area (Å²) in [5.74, 6) is 2.36. The van der Waals surface area contributed by atoms with E-state index in [4.69, 9.17) is 35.3 Å². The lowest BCUT2D eigenvalue weighted by Gasteiger charge is -2.17. The molecule has 0 spiro atoms. The van der Waals surface area contributed by atoms with Crippen LogP contribution in [0.2, 0.25) is 0 Å². The average molecular weight is 556 g/mol. The highest BCUT2D eigenvalue weighted by Crippen LogP contribution is 2.43. The lowest BCUT2D eigenvalue weighted by Crippen LogP contribution is -2.13. The van der Waals surface area contributed by atoms with Crippen LogP contribution in [0.3, 0.4) is 0 Å². The van der Waals surface area contributed by atoms with E-state index in [1.807, 2.05) is 42.5 Å². The number of methoxy groups -OCH3 is 2. The van der Waals surface area contributed by atoms with E-state index in [0.717, 1.165) is 40.8 Å². The number of anilines is 1. The maximum absolute atomic E-state index is 6.74. The lowest BCUT2D eigenvalue weighted by atomic mass is 9.91. The Kier molecular flexibility index (Phi) is 9.01. The predicted octanol–water partition coefficient (Wildman–Crippen LogP) is 8.65. The fraction of sp³-hybridized carbons (Fsp3) is 0.364. The fourth-order valence-corrected chi connectivity index (χ4v) is 4.64. The van der Waals surface area contributed by atoms with Gasteiger partial charge in [-0.1, -0.05) is 64.4 Å². The molecule has 0 fully saturated rings. The first-order valence-electron chi connectivity index (χ1n) is 14.0. The number of nitrogens with two attached hydrogens (primary N) is 1. The highest BCUT2D eigenvalue weighted by molar-refractivity contribution is 5.76. The van der Waals surface area contributed by atoms with E-state index in [1.165, 1.54) is 0 Å². The molecule has 1 heterocycles.